The molecule has 5 nitrogen and oxygen atoms in total. The molecule has 1 spiro atoms. The highest BCUT2D eigenvalue weighted by Crippen LogP contribution is 2.44. The Bertz CT molecular complexity index is 844. The highest BCUT2D eigenvalue weighted by Gasteiger charge is 2.48. The van der Waals surface area contributed by atoms with Gasteiger partial charge in [0.25, 0.3) is 0 Å². The van der Waals surface area contributed by atoms with Gasteiger partial charge in [0.15, 0.2) is 0 Å². The van der Waals surface area contributed by atoms with Crippen LogP contribution in [-0.2, 0) is 21.5 Å². The Balaban J connectivity index is 0.000000279. The molecule has 28 heavy (non-hydrogen) atoms. The highest BCUT2D eigenvalue weighted by atomic mass is 32.1. The van der Waals surface area contributed by atoms with E-state index < -0.39 is 12.1 Å². The molecule has 0 unspecified atom stereocenters. The van der Waals surface area contributed by atoms with Crippen LogP contribution in [0.4, 0.5) is 18.9 Å². The molecule has 2 aliphatic rings. The number of rotatable bonds is 2. The van der Waals surface area contributed by atoms with Crippen LogP contribution in [0.2, 0.25) is 0 Å². The van der Waals surface area contributed by atoms with Crippen molar-refractivity contribution >= 4 is 28.9 Å². The zero-order chi connectivity index (χ0) is 20.4. The maximum atomic E-state index is 12.5. The average Bonchev–Trinajstić information content (AvgIpc) is 3.24. The number of aliphatic carboxylic acids is 1. The molecular weight excluding hydrogens is 393 g/mol. The molecule has 1 fully saturated rings. The second-order valence-corrected chi connectivity index (χ2v) is 7.77. The molecule has 1 amide bonds. The van der Waals surface area contributed by atoms with Crippen LogP contribution in [-0.4, -0.2) is 41.1 Å². The molecular formula is C19H19F3N2O3S. The Kier molecular flexibility index (Phi) is 5.76. The topological polar surface area (TPSA) is 69.6 Å². The number of alkyl halides is 3. The summed E-state index contributed by atoms with van der Waals surface area (Å²) < 4.78 is 31.7. The van der Waals surface area contributed by atoms with Crippen LogP contribution in [0.5, 0.6) is 0 Å². The normalized spacial score (nSPS) is 18.2. The standard InChI is InChI=1S/C17H18N2OS.C2HF3O2/c20-16-17(14-5-1-2-6-15(14)18-16)7-9-19(10-8-17)12-13-4-3-11-21-13;3-2(4,5)1(6)7/h1-6,11H,7-10,12H2,(H,18,20);(H,6,7). The third kappa shape index (κ3) is 4.20. The zero-order valence-electron chi connectivity index (χ0n) is 14.8. The van der Waals surface area contributed by atoms with Crippen molar-refractivity contribution in [3.63, 3.8) is 0 Å². The highest BCUT2D eigenvalue weighted by molar-refractivity contribution is 7.09. The molecule has 1 aromatic heterocycles. The minimum absolute atomic E-state index is 0.194. The number of piperidine rings is 1. The number of carbonyl (C=O) groups excluding carboxylic acids is 1. The number of likely N-dealkylation sites (tertiary alicyclic amines) is 1. The van der Waals surface area contributed by atoms with Gasteiger partial charge in [0.2, 0.25) is 5.91 Å². The van der Waals surface area contributed by atoms with Gasteiger partial charge in [-0.25, -0.2) is 4.79 Å². The molecule has 1 saturated heterocycles. The maximum absolute atomic E-state index is 12.5. The van der Waals surface area contributed by atoms with Crippen molar-refractivity contribution in [3.8, 4) is 0 Å². The second-order valence-electron chi connectivity index (χ2n) is 6.74. The number of anilines is 1. The van der Waals surface area contributed by atoms with E-state index in [0.717, 1.165) is 38.2 Å². The molecule has 3 heterocycles. The maximum Gasteiger partial charge on any atom is 0.490 e. The van der Waals surface area contributed by atoms with Gasteiger partial charge < -0.3 is 10.4 Å². The van der Waals surface area contributed by atoms with Gasteiger partial charge in [-0.15, -0.1) is 11.3 Å². The number of carbonyl (C=O) groups is 2. The lowest BCUT2D eigenvalue weighted by molar-refractivity contribution is -0.192. The average molecular weight is 412 g/mol. The largest absolute Gasteiger partial charge is 0.490 e. The van der Waals surface area contributed by atoms with Crippen molar-refractivity contribution in [1.82, 2.24) is 4.90 Å². The first kappa shape index (κ1) is 20.3. The lowest BCUT2D eigenvalue weighted by Crippen LogP contribution is -2.46. The van der Waals surface area contributed by atoms with Crippen LogP contribution in [0.25, 0.3) is 0 Å². The fourth-order valence-electron chi connectivity index (χ4n) is 3.59. The van der Waals surface area contributed by atoms with Gasteiger partial charge >= 0.3 is 12.1 Å². The van der Waals surface area contributed by atoms with E-state index >= 15 is 0 Å². The van der Waals surface area contributed by atoms with Gasteiger partial charge in [-0.05, 0) is 49.0 Å². The zero-order valence-corrected chi connectivity index (χ0v) is 15.6. The molecule has 0 saturated carbocycles. The molecule has 0 atom stereocenters. The molecule has 1 aromatic carbocycles. The second kappa shape index (κ2) is 7.92. The van der Waals surface area contributed by atoms with Crippen LogP contribution in [0, 0.1) is 0 Å². The number of amides is 1. The van der Waals surface area contributed by atoms with Gasteiger partial charge in [0.1, 0.15) is 0 Å². The summed E-state index contributed by atoms with van der Waals surface area (Å²) in [5.41, 5.74) is 1.92. The van der Waals surface area contributed by atoms with E-state index in [1.807, 2.05) is 29.5 Å². The fraction of sp³-hybridized carbons (Fsp3) is 0.368. The van der Waals surface area contributed by atoms with E-state index in [-0.39, 0.29) is 11.3 Å². The lowest BCUT2D eigenvalue weighted by Gasteiger charge is -2.37. The predicted octanol–water partition coefficient (Wildman–Crippen LogP) is 3.87. The Morgan fingerprint density at radius 3 is 2.39 bits per heavy atom. The molecule has 150 valence electrons. The molecule has 9 heteroatoms. The Hall–Kier alpha value is -2.39. The molecule has 0 aliphatic carbocycles. The third-order valence-corrected chi connectivity index (χ3v) is 5.90. The fourth-order valence-corrected chi connectivity index (χ4v) is 4.33. The number of carboxylic acids is 1. The number of para-hydroxylation sites is 1. The van der Waals surface area contributed by atoms with Crippen LogP contribution < -0.4 is 5.32 Å². The molecule has 2 N–H and O–H groups in total. The number of halogens is 3. The number of hydrogen-bond acceptors (Lipinski definition) is 4. The lowest BCUT2D eigenvalue weighted by atomic mass is 9.73. The quantitative estimate of drug-likeness (QED) is 0.786. The van der Waals surface area contributed by atoms with Crippen LogP contribution in [0.15, 0.2) is 41.8 Å². The SMILES string of the molecule is O=C(O)C(F)(F)F.O=C1Nc2ccccc2C12CCN(Cc1cccs1)CC2. The first-order valence-electron chi connectivity index (χ1n) is 8.68. The molecule has 2 aliphatic heterocycles. The smallest absolute Gasteiger partial charge is 0.475 e. The predicted molar refractivity (Wildman–Crippen MR) is 99.3 cm³/mol. The van der Waals surface area contributed by atoms with Crippen molar-refractivity contribution < 1.29 is 27.9 Å². The van der Waals surface area contributed by atoms with Gasteiger partial charge in [0.05, 0.1) is 5.41 Å². The van der Waals surface area contributed by atoms with E-state index in [2.05, 4.69) is 33.8 Å². The third-order valence-electron chi connectivity index (χ3n) is 5.04. The van der Waals surface area contributed by atoms with Gasteiger partial charge in [-0.2, -0.15) is 13.2 Å². The van der Waals surface area contributed by atoms with Crippen molar-refractivity contribution in [3.05, 3.63) is 52.2 Å². The summed E-state index contributed by atoms with van der Waals surface area (Å²) in [5, 5.41) is 12.3. The van der Waals surface area contributed by atoms with Gasteiger partial charge in [0, 0.05) is 17.1 Å². The first-order valence-corrected chi connectivity index (χ1v) is 9.56. The van der Waals surface area contributed by atoms with E-state index in [1.54, 1.807) is 0 Å². The number of nitrogens with zero attached hydrogens (tertiary/aromatic N) is 1. The van der Waals surface area contributed by atoms with Crippen molar-refractivity contribution in [2.45, 2.75) is 31.0 Å². The monoisotopic (exact) mass is 412 g/mol. The number of fused-ring (bicyclic) bond motifs is 2. The minimum atomic E-state index is -5.08. The van der Waals surface area contributed by atoms with E-state index in [0.29, 0.717) is 0 Å². The number of carboxylic acid groups (broad SMARTS) is 1. The molecule has 0 bridgehead atoms. The van der Waals surface area contributed by atoms with Gasteiger partial charge in [-0.1, -0.05) is 24.3 Å². The van der Waals surface area contributed by atoms with E-state index in [4.69, 9.17) is 9.90 Å². The van der Waals surface area contributed by atoms with Crippen LogP contribution in [0.1, 0.15) is 23.3 Å². The van der Waals surface area contributed by atoms with Crippen molar-refractivity contribution in [2.75, 3.05) is 18.4 Å². The number of benzene rings is 1. The number of nitrogens with one attached hydrogen (secondary N) is 1. The first-order chi connectivity index (χ1) is 13.2. The molecule has 2 aromatic rings. The molecule has 4 rings (SSSR count). The summed E-state index contributed by atoms with van der Waals surface area (Å²) in [5.74, 6) is -2.56. The summed E-state index contributed by atoms with van der Waals surface area (Å²) in [6.45, 7) is 2.98. The summed E-state index contributed by atoms with van der Waals surface area (Å²) in [6, 6.07) is 12.4. The summed E-state index contributed by atoms with van der Waals surface area (Å²) in [7, 11) is 0. The number of hydrogen-bond donors (Lipinski definition) is 2. The van der Waals surface area contributed by atoms with E-state index in [9.17, 15) is 18.0 Å². The van der Waals surface area contributed by atoms with Crippen LogP contribution in [0.3, 0.4) is 0 Å². The van der Waals surface area contributed by atoms with Crippen LogP contribution >= 0.6 is 11.3 Å². The minimum Gasteiger partial charge on any atom is -0.475 e. The van der Waals surface area contributed by atoms with Crippen molar-refractivity contribution in [1.29, 1.82) is 0 Å². The summed E-state index contributed by atoms with van der Waals surface area (Å²) in [4.78, 5) is 25.3. The Morgan fingerprint density at radius 1 is 1.18 bits per heavy atom. The molecule has 0 radical (unpaired) electrons. The van der Waals surface area contributed by atoms with Gasteiger partial charge in [-0.3, -0.25) is 9.69 Å². The Labute approximate surface area is 163 Å². The van der Waals surface area contributed by atoms with Crippen molar-refractivity contribution in [2.24, 2.45) is 0 Å². The summed E-state index contributed by atoms with van der Waals surface area (Å²) >= 11 is 1.81. The summed E-state index contributed by atoms with van der Waals surface area (Å²) in [6.07, 6.45) is -3.25. The van der Waals surface area contributed by atoms with E-state index in [1.165, 1.54) is 10.4 Å². The number of thiophene rings is 1. The Morgan fingerprint density at radius 2 is 1.82 bits per heavy atom.